The van der Waals surface area contributed by atoms with Gasteiger partial charge in [-0.05, 0) is 12.8 Å². The summed E-state index contributed by atoms with van der Waals surface area (Å²) in [5.74, 6) is -0.0108. The molecule has 2 rings (SSSR count). The normalized spacial score (nSPS) is 11.0. The van der Waals surface area contributed by atoms with E-state index >= 15 is 0 Å². The number of ether oxygens (including phenoxy) is 1. The Kier molecular flexibility index (Phi) is 13.7. The molecular weight excluding hydrogens is 460 g/mol. The third kappa shape index (κ3) is 12.2. The highest BCUT2D eigenvalue weighted by Crippen LogP contribution is 2.18. The summed E-state index contributed by atoms with van der Waals surface area (Å²) in [6.07, 6.45) is 10.9. The van der Waals surface area contributed by atoms with Gasteiger partial charge in [-0.15, -0.1) is 20.4 Å². The number of nitrogens with zero attached hydrogens (tertiary/aromatic N) is 4. The lowest BCUT2D eigenvalue weighted by molar-refractivity contribution is -0.117. The minimum Gasteiger partial charge on any atom is -0.381 e. The smallest absolute Gasteiger partial charge is 0.226 e. The minimum atomic E-state index is -0.00541. The monoisotopic (exact) mass is 496 g/mol. The van der Waals surface area contributed by atoms with Crippen molar-refractivity contribution in [2.45, 2.75) is 90.9 Å². The van der Waals surface area contributed by atoms with E-state index in [1.807, 2.05) is 0 Å². The molecule has 2 aromatic rings. The molecule has 0 fully saturated rings. The number of anilines is 2. The van der Waals surface area contributed by atoms with Gasteiger partial charge in [0.05, 0.1) is 13.2 Å². The molecule has 9 nitrogen and oxygen atoms in total. The Morgan fingerprint density at radius 3 is 1.58 bits per heavy atom. The number of rotatable bonds is 18. The van der Waals surface area contributed by atoms with E-state index in [-0.39, 0.29) is 11.8 Å². The summed E-state index contributed by atoms with van der Waals surface area (Å²) in [6, 6.07) is 0. The van der Waals surface area contributed by atoms with Crippen molar-refractivity contribution in [2.75, 3.05) is 23.8 Å². The van der Waals surface area contributed by atoms with Crippen LogP contribution >= 0.6 is 22.7 Å². The lowest BCUT2D eigenvalue weighted by Crippen LogP contribution is -2.10. The van der Waals surface area contributed by atoms with Crippen molar-refractivity contribution >= 4 is 44.8 Å². The van der Waals surface area contributed by atoms with E-state index in [1.54, 1.807) is 0 Å². The van der Waals surface area contributed by atoms with Gasteiger partial charge in [-0.2, -0.15) is 0 Å². The van der Waals surface area contributed by atoms with Gasteiger partial charge < -0.3 is 15.4 Å². The highest BCUT2D eigenvalue weighted by molar-refractivity contribution is 7.15. The average molecular weight is 497 g/mol. The lowest BCUT2D eigenvalue weighted by Gasteiger charge is -2.01. The molecule has 0 saturated carbocycles. The minimum absolute atomic E-state index is 0.00541. The molecule has 0 aliphatic carbocycles. The standard InChI is InChI=1S/C22H36N6O3S2/c1-3-5-7-9-11-17(29)23-21-27-25-19(32-21)13-15-31-16-14-20-26-28-22(33-20)24-18(30)12-10-8-6-4-2/h3-16H2,1-2H3,(H,23,27,29)(H,24,28,30). The van der Waals surface area contributed by atoms with Crippen molar-refractivity contribution in [1.29, 1.82) is 0 Å². The summed E-state index contributed by atoms with van der Waals surface area (Å²) >= 11 is 2.76. The Labute approximate surface area is 204 Å². The maximum atomic E-state index is 11.9. The van der Waals surface area contributed by atoms with Crippen LogP contribution < -0.4 is 10.6 Å². The summed E-state index contributed by atoms with van der Waals surface area (Å²) in [6.45, 7) is 5.33. The van der Waals surface area contributed by atoms with Gasteiger partial charge in [-0.3, -0.25) is 9.59 Å². The number of aromatic nitrogens is 4. The molecule has 2 N–H and O–H groups in total. The Morgan fingerprint density at radius 1 is 0.697 bits per heavy atom. The Bertz CT molecular complexity index is 760. The second kappa shape index (κ2) is 16.6. The van der Waals surface area contributed by atoms with Crippen LogP contribution in [0.25, 0.3) is 0 Å². The van der Waals surface area contributed by atoms with Crippen molar-refractivity contribution in [3.05, 3.63) is 10.0 Å². The Morgan fingerprint density at radius 2 is 1.15 bits per heavy atom. The van der Waals surface area contributed by atoms with E-state index in [0.717, 1.165) is 61.4 Å². The highest BCUT2D eigenvalue weighted by atomic mass is 32.1. The number of unbranched alkanes of at least 4 members (excludes halogenated alkanes) is 6. The Balaban J connectivity index is 1.56. The van der Waals surface area contributed by atoms with Crippen LogP contribution in [-0.4, -0.2) is 45.4 Å². The lowest BCUT2D eigenvalue weighted by atomic mass is 10.1. The van der Waals surface area contributed by atoms with Gasteiger partial charge in [-0.25, -0.2) is 0 Å². The molecule has 0 radical (unpaired) electrons. The summed E-state index contributed by atoms with van der Waals surface area (Å²) in [5.41, 5.74) is 0. The van der Waals surface area contributed by atoms with Crippen molar-refractivity contribution in [3.8, 4) is 0 Å². The van der Waals surface area contributed by atoms with E-state index in [2.05, 4.69) is 44.9 Å². The van der Waals surface area contributed by atoms with Crippen molar-refractivity contribution in [3.63, 3.8) is 0 Å². The van der Waals surface area contributed by atoms with Gasteiger partial charge in [0, 0.05) is 25.7 Å². The summed E-state index contributed by atoms with van der Waals surface area (Å²) in [5, 5.41) is 24.7. The number of hydrogen-bond acceptors (Lipinski definition) is 9. The zero-order valence-electron chi connectivity index (χ0n) is 19.7. The third-order valence-corrected chi connectivity index (χ3v) is 6.66. The van der Waals surface area contributed by atoms with Crippen LogP contribution in [-0.2, 0) is 27.2 Å². The first-order valence-corrected chi connectivity index (χ1v) is 13.6. The number of hydrogen-bond donors (Lipinski definition) is 2. The predicted molar refractivity (Wildman–Crippen MR) is 133 cm³/mol. The second-order valence-corrected chi connectivity index (χ2v) is 9.96. The fraction of sp³-hybridized carbons (Fsp3) is 0.727. The molecule has 33 heavy (non-hydrogen) atoms. The quantitative estimate of drug-likeness (QED) is 0.278. The van der Waals surface area contributed by atoms with Gasteiger partial charge in [0.15, 0.2) is 0 Å². The van der Waals surface area contributed by atoms with Crippen LogP contribution in [0.2, 0.25) is 0 Å². The molecular formula is C22H36N6O3S2. The van der Waals surface area contributed by atoms with E-state index < -0.39 is 0 Å². The summed E-state index contributed by atoms with van der Waals surface area (Å²) < 4.78 is 5.68. The predicted octanol–water partition coefficient (Wildman–Crippen LogP) is 5.01. The molecule has 2 aromatic heterocycles. The summed E-state index contributed by atoms with van der Waals surface area (Å²) in [7, 11) is 0. The zero-order valence-corrected chi connectivity index (χ0v) is 21.4. The fourth-order valence-electron chi connectivity index (χ4n) is 3.02. The average Bonchev–Trinajstić information content (AvgIpc) is 3.43. The van der Waals surface area contributed by atoms with E-state index in [9.17, 15) is 9.59 Å². The molecule has 2 amide bonds. The molecule has 11 heteroatoms. The van der Waals surface area contributed by atoms with Gasteiger partial charge in [-0.1, -0.05) is 75.0 Å². The van der Waals surface area contributed by atoms with E-state index in [1.165, 1.54) is 22.7 Å². The van der Waals surface area contributed by atoms with Crippen LogP contribution in [0.5, 0.6) is 0 Å². The molecule has 0 unspecified atom stereocenters. The molecule has 2 heterocycles. The molecule has 0 spiro atoms. The van der Waals surface area contributed by atoms with Gasteiger partial charge >= 0.3 is 0 Å². The van der Waals surface area contributed by atoms with Gasteiger partial charge in [0.1, 0.15) is 10.0 Å². The molecule has 0 atom stereocenters. The van der Waals surface area contributed by atoms with Gasteiger partial charge in [0.25, 0.3) is 0 Å². The second-order valence-electron chi connectivity index (χ2n) is 7.83. The van der Waals surface area contributed by atoms with Crippen LogP contribution in [0.1, 0.15) is 88.1 Å². The number of carbonyl (C=O) groups is 2. The van der Waals surface area contributed by atoms with Crippen LogP contribution in [0, 0.1) is 0 Å². The van der Waals surface area contributed by atoms with Crippen molar-refractivity contribution in [1.82, 2.24) is 20.4 Å². The number of amides is 2. The van der Waals surface area contributed by atoms with Crippen molar-refractivity contribution < 1.29 is 14.3 Å². The molecule has 0 aliphatic rings. The molecule has 0 bridgehead atoms. The largest absolute Gasteiger partial charge is 0.381 e. The first-order valence-electron chi connectivity index (χ1n) is 11.9. The van der Waals surface area contributed by atoms with E-state index in [0.29, 0.717) is 49.2 Å². The van der Waals surface area contributed by atoms with Crippen LogP contribution in [0.4, 0.5) is 10.3 Å². The fourth-order valence-corrected chi connectivity index (χ4v) is 4.49. The van der Waals surface area contributed by atoms with Crippen LogP contribution in [0.15, 0.2) is 0 Å². The number of carbonyl (C=O) groups excluding carboxylic acids is 2. The zero-order chi connectivity index (χ0) is 23.7. The van der Waals surface area contributed by atoms with Crippen LogP contribution in [0.3, 0.4) is 0 Å². The van der Waals surface area contributed by atoms with Crippen molar-refractivity contribution in [2.24, 2.45) is 0 Å². The first kappa shape index (κ1) is 27.3. The SMILES string of the molecule is CCCCCCC(=O)Nc1nnc(CCOCCc2nnc(NC(=O)CCCCCC)s2)s1. The highest BCUT2D eigenvalue weighted by Gasteiger charge is 2.10. The molecule has 184 valence electrons. The van der Waals surface area contributed by atoms with E-state index in [4.69, 9.17) is 4.74 Å². The molecule has 0 saturated heterocycles. The molecule has 0 aromatic carbocycles. The summed E-state index contributed by atoms with van der Waals surface area (Å²) in [4.78, 5) is 23.8. The number of nitrogens with one attached hydrogen (secondary N) is 2. The third-order valence-electron chi connectivity index (χ3n) is 4.86. The topological polar surface area (TPSA) is 119 Å². The first-order chi connectivity index (χ1) is 16.1. The maximum absolute atomic E-state index is 11.9. The molecule has 0 aliphatic heterocycles. The maximum Gasteiger partial charge on any atom is 0.226 e. The Hall–Kier alpha value is -1.98. The van der Waals surface area contributed by atoms with Gasteiger partial charge in [0.2, 0.25) is 22.1 Å².